The highest BCUT2D eigenvalue weighted by Gasteiger charge is 2.37. The number of rotatable bonds is 6. The Bertz CT molecular complexity index is 1430. The van der Waals surface area contributed by atoms with Gasteiger partial charge in [0.05, 0.1) is 35.1 Å². The highest BCUT2D eigenvalue weighted by atomic mass is 19.4. The number of alkyl halides is 9. The minimum atomic E-state index is -5.09. The van der Waals surface area contributed by atoms with Gasteiger partial charge in [-0.3, -0.25) is 0 Å². The molecule has 0 aliphatic rings. The fourth-order valence-electron chi connectivity index (χ4n) is 3.80. The molecule has 0 atom stereocenters. The van der Waals surface area contributed by atoms with E-state index in [1.54, 1.807) is 13.0 Å². The van der Waals surface area contributed by atoms with Crippen LogP contribution in [0.25, 0.3) is 5.69 Å². The summed E-state index contributed by atoms with van der Waals surface area (Å²) in [4.78, 5) is 2.11. The predicted octanol–water partition coefficient (Wildman–Crippen LogP) is 5.97. The Balaban J connectivity index is 1.83. The van der Waals surface area contributed by atoms with Crippen molar-refractivity contribution in [3.63, 3.8) is 0 Å². The Kier molecular flexibility index (Phi) is 7.08. The van der Waals surface area contributed by atoms with E-state index < -0.39 is 53.9 Å². The first-order valence-corrected chi connectivity index (χ1v) is 11.0. The molecular formula is C23H18F9N7. The molecule has 7 nitrogen and oxygen atoms in total. The van der Waals surface area contributed by atoms with Gasteiger partial charge in [0.1, 0.15) is 0 Å². The summed E-state index contributed by atoms with van der Waals surface area (Å²) >= 11 is 0. The van der Waals surface area contributed by atoms with E-state index >= 15 is 0 Å². The van der Waals surface area contributed by atoms with E-state index in [1.807, 2.05) is 0 Å². The lowest BCUT2D eigenvalue weighted by Gasteiger charge is -2.24. The van der Waals surface area contributed by atoms with Crippen molar-refractivity contribution in [2.75, 3.05) is 4.90 Å². The summed E-state index contributed by atoms with van der Waals surface area (Å²) in [6.45, 7) is 0.593. The highest BCUT2D eigenvalue weighted by molar-refractivity contribution is 5.47. The molecule has 0 aliphatic carbocycles. The molecule has 0 saturated carbocycles. The lowest BCUT2D eigenvalue weighted by atomic mass is 10.0. The van der Waals surface area contributed by atoms with Gasteiger partial charge >= 0.3 is 18.5 Å². The smallest absolute Gasteiger partial charge is 0.329 e. The zero-order valence-corrected chi connectivity index (χ0v) is 20.1. The molecule has 2 aromatic heterocycles. The van der Waals surface area contributed by atoms with Crippen LogP contribution in [0.3, 0.4) is 0 Å². The number of halogens is 9. The molecule has 16 heteroatoms. The Morgan fingerprint density at radius 2 is 1.36 bits per heavy atom. The highest BCUT2D eigenvalue weighted by Crippen LogP contribution is 2.37. The largest absolute Gasteiger partial charge is 0.416 e. The fourth-order valence-corrected chi connectivity index (χ4v) is 3.80. The van der Waals surface area contributed by atoms with Gasteiger partial charge in [0.25, 0.3) is 5.95 Å². The Labute approximate surface area is 214 Å². The first-order valence-electron chi connectivity index (χ1n) is 11.0. The molecule has 0 fully saturated rings. The second-order valence-electron chi connectivity index (χ2n) is 8.59. The van der Waals surface area contributed by atoms with Crippen molar-refractivity contribution in [2.45, 2.75) is 38.5 Å². The molecule has 0 unspecified atom stereocenters. The minimum absolute atomic E-state index is 0.00315. The third kappa shape index (κ3) is 6.49. The fraction of sp³-hybridized carbons (Fsp3) is 0.304. The topological polar surface area (TPSA) is 64.7 Å². The van der Waals surface area contributed by atoms with Gasteiger partial charge in [-0.1, -0.05) is 5.10 Å². The Morgan fingerprint density at radius 3 is 1.85 bits per heavy atom. The number of benzene rings is 2. The summed E-state index contributed by atoms with van der Waals surface area (Å²) in [5.41, 5.74) is -3.76. The molecule has 0 radical (unpaired) electrons. The lowest BCUT2D eigenvalue weighted by molar-refractivity contribution is -0.143. The molecule has 0 saturated heterocycles. The van der Waals surface area contributed by atoms with Crippen LogP contribution in [0.1, 0.15) is 33.5 Å². The summed E-state index contributed by atoms with van der Waals surface area (Å²) in [7, 11) is 1.36. The van der Waals surface area contributed by atoms with Gasteiger partial charge in [-0.15, -0.1) is 5.10 Å². The maximum Gasteiger partial charge on any atom is 0.416 e. The molecular weight excluding hydrogens is 545 g/mol. The van der Waals surface area contributed by atoms with E-state index in [-0.39, 0.29) is 23.3 Å². The Morgan fingerprint density at radius 1 is 0.744 bits per heavy atom. The second kappa shape index (κ2) is 9.89. The molecule has 2 aromatic carbocycles. The molecule has 0 spiro atoms. The van der Waals surface area contributed by atoms with Gasteiger partial charge < -0.3 is 4.90 Å². The molecule has 39 heavy (non-hydrogen) atoms. The summed E-state index contributed by atoms with van der Waals surface area (Å²) < 4.78 is 122. The lowest BCUT2D eigenvalue weighted by Crippen LogP contribution is -2.25. The van der Waals surface area contributed by atoms with Crippen LogP contribution >= 0.6 is 0 Å². The van der Waals surface area contributed by atoms with Crippen molar-refractivity contribution in [1.29, 1.82) is 0 Å². The van der Waals surface area contributed by atoms with Crippen LogP contribution in [-0.4, -0.2) is 30.0 Å². The molecule has 0 bridgehead atoms. The zero-order valence-electron chi connectivity index (χ0n) is 20.1. The SMILES string of the molecule is Cc1ccn(-c2ccc(C(F)(F)F)cc2CN(Cc2cc(C(F)(F)F)cc(C(F)(F)F)c2)c2nnn(C)n2)n1. The van der Waals surface area contributed by atoms with Gasteiger partial charge in [-0.25, -0.2) is 4.68 Å². The normalized spacial score (nSPS) is 12.7. The predicted molar refractivity (Wildman–Crippen MR) is 118 cm³/mol. The molecule has 0 N–H and O–H groups in total. The number of anilines is 1. The van der Waals surface area contributed by atoms with Crippen LogP contribution in [0.4, 0.5) is 45.5 Å². The number of tetrazole rings is 1. The number of aromatic nitrogens is 6. The van der Waals surface area contributed by atoms with E-state index in [0.29, 0.717) is 17.8 Å². The zero-order chi connectivity index (χ0) is 28.8. The number of aryl methyl sites for hydroxylation is 2. The van der Waals surface area contributed by atoms with Gasteiger partial charge in [0.2, 0.25) is 0 Å². The monoisotopic (exact) mass is 563 g/mol. The first kappa shape index (κ1) is 27.9. The van der Waals surface area contributed by atoms with Crippen molar-refractivity contribution in [2.24, 2.45) is 7.05 Å². The van der Waals surface area contributed by atoms with Crippen molar-refractivity contribution in [3.8, 4) is 5.69 Å². The number of hydrogen-bond donors (Lipinski definition) is 0. The first-order chi connectivity index (χ1) is 18.0. The molecule has 2 heterocycles. The summed E-state index contributed by atoms with van der Waals surface area (Å²) in [5, 5.41) is 15.6. The summed E-state index contributed by atoms with van der Waals surface area (Å²) in [5.74, 6) is -0.233. The van der Waals surface area contributed by atoms with Gasteiger partial charge in [-0.2, -0.15) is 49.4 Å². The van der Waals surface area contributed by atoms with Gasteiger partial charge in [0.15, 0.2) is 0 Å². The van der Waals surface area contributed by atoms with E-state index in [9.17, 15) is 39.5 Å². The summed E-state index contributed by atoms with van der Waals surface area (Å²) in [6, 6.07) is 5.47. The Hall–Kier alpha value is -4.11. The quantitative estimate of drug-likeness (QED) is 0.271. The van der Waals surface area contributed by atoms with E-state index in [0.717, 1.165) is 21.8 Å². The third-order valence-corrected chi connectivity index (χ3v) is 5.54. The number of hydrogen-bond acceptors (Lipinski definition) is 5. The average molecular weight is 563 g/mol. The van der Waals surface area contributed by atoms with Crippen LogP contribution in [0.5, 0.6) is 0 Å². The minimum Gasteiger partial charge on any atom is -0.329 e. The second-order valence-corrected chi connectivity index (χ2v) is 8.59. The third-order valence-electron chi connectivity index (χ3n) is 5.54. The van der Waals surface area contributed by atoms with E-state index in [4.69, 9.17) is 0 Å². The molecule has 4 aromatic rings. The van der Waals surface area contributed by atoms with Crippen molar-refractivity contribution >= 4 is 5.95 Å². The molecule has 208 valence electrons. The van der Waals surface area contributed by atoms with Gasteiger partial charge in [-0.05, 0) is 65.7 Å². The maximum absolute atomic E-state index is 13.5. The van der Waals surface area contributed by atoms with Crippen molar-refractivity contribution in [3.05, 3.63) is 82.2 Å². The maximum atomic E-state index is 13.5. The molecule has 4 rings (SSSR count). The van der Waals surface area contributed by atoms with Gasteiger partial charge in [0, 0.05) is 19.3 Å². The summed E-state index contributed by atoms with van der Waals surface area (Å²) in [6.07, 6.45) is -13.4. The average Bonchev–Trinajstić information content (AvgIpc) is 3.45. The van der Waals surface area contributed by atoms with Crippen LogP contribution in [-0.2, 0) is 38.7 Å². The van der Waals surface area contributed by atoms with Crippen molar-refractivity contribution in [1.82, 2.24) is 30.0 Å². The standard InChI is InChI=1S/C23H18F9N7/c1-13-5-6-39(34-13)19-4-3-16(21(24,25)26)9-15(19)12-38(20-33-36-37(2)35-20)11-14-7-17(22(27,28)29)10-18(8-14)23(30,31)32/h3-10H,11-12H2,1-2H3. The van der Waals surface area contributed by atoms with E-state index in [1.165, 1.54) is 24.0 Å². The van der Waals surface area contributed by atoms with Crippen LogP contribution in [0.2, 0.25) is 0 Å². The van der Waals surface area contributed by atoms with Crippen LogP contribution < -0.4 is 4.90 Å². The number of nitrogens with zero attached hydrogens (tertiary/aromatic N) is 7. The van der Waals surface area contributed by atoms with Crippen molar-refractivity contribution < 1.29 is 39.5 Å². The van der Waals surface area contributed by atoms with Crippen LogP contribution in [0, 0.1) is 6.92 Å². The molecule has 0 amide bonds. The van der Waals surface area contributed by atoms with E-state index in [2.05, 4.69) is 20.5 Å². The van der Waals surface area contributed by atoms with Crippen LogP contribution in [0.15, 0.2) is 48.7 Å². The molecule has 0 aliphatic heterocycles.